The molecule has 1 heterocycles. The summed E-state index contributed by atoms with van der Waals surface area (Å²) in [6, 6.07) is 7.40. The molecule has 5 heteroatoms. The van der Waals surface area contributed by atoms with Gasteiger partial charge in [0.1, 0.15) is 12.4 Å². The molecule has 3 N–H and O–H groups in total. The Morgan fingerprint density at radius 3 is 2.75 bits per heavy atom. The van der Waals surface area contributed by atoms with Crippen molar-refractivity contribution in [2.24, 2.45) is 0 Å². The second-order valence-corrected chi connectivity index (χ2v) is 5.83. The summed E-state index contributed by atoms with van der Waals surface area (Å²) in [4.78, 5) is 2.27. The Kier molecular flexibility index (Phi) is 4.86. The minimum atomic E-state index is -0.229. The van der Waals surface area contributed by atoms with Crippen molar-refractivity contribution in [1.29, 1.82) is 0 Å². The first-order chi connectivity index (χ1) is 9.48. The van der Waals surface area contributed by atoms with Gasteiger partial charge in [0.25, 0.3) is 0 Å². The van der Waals surface area contributed by atoms with E-state index in [4.69, 9.17) is 15.2 Å². The third-order valence-corrected chi connectivity index (χ3v) is 3.31. The van der Waals surface area contributed by atoms with Gasteiger partial charge in [0.05, 0.1) is 18.3 Å². The molecular formula is C15H24N2O3. The van der Waals surface area contributed by atoms with Crippen molar-refractivity contribution in [2.45, 2.75) is 25.6 Å². The Bertz CT molecular complexity index is 420. The summed E-state index contributed by atoms with van der Waals surface area (Å²) in [6.45, 7) is 7.15. The molecule has 112 valence electrons. The van der Waals surface area contributed by atoms with Gasteiger partial charge in [-0.2, -0.15) is 0 Å². The molecule has 1 fully saturated rings. The van der Waals surface area contributed by atoms with Crippen LogP contribution in [0.4, 0.5) is 5.69 Å². The number of nitrogens with two attached hydrogens (primary N) is 1. The highest BCUT2D eigenvalue weighted by molar-refractivity contribution is 5.41. The van der Waals surface area contributed by atoms with Crippen LogP contribution in [0.2, 0.25) is 0 Å². The molecule has 1 aliphatic heterocycles. The van der Waals surface area contributed by atoms with E-state index in [1.807, 2.05) is 38.1 Å². The van der Waals surface area contributed by atoms with Crippen molar-refractivity contribution in [2.75, 3.05) is 38.6 Å². The van der Waals surface area contributed by atoms with Gasteiger partial charge in [-0.05, 0) is 38.1 Å². The summed E-state index contributed by atoms with van der Waals surface area (Å²) in [5.74, 6) is 0.824. The third-order valence-electron chi connectivity index (χ3n) is 3.31. The topological polar surface area (TPSA) is 68.0 Å². The maximum atomic E-state index is 9.28. The van der Waals surface area contributed by atoms with Gasteiger partial charge in [-0.15, -0.1) is 0 Å². The number of rotatable bonds is 5. The Hall–Kier alpha value is -1.30. The van der Waals surface area contributed by atoms with E-state index < -0.39 is 0 Å². The average molecular weight is 280 g/mol. The lowest BCUT2D eigenvalue weighted by Gasteiger charge is -2.42. The van der Waals surface area contributed by atoms with Gasteiger partial charge < -0.3 is 20.3 Å². The molecule has 0 saturated carbocycles. The van der Waals surface area contributed by atoms with Crippen molar-refractivity contribution in [3.63, 3.8) is 0 Å². The molecule has 2 rings (SSSR count). The second-order valence-electron chi connectivity index (χ2n) is 5.83. The summed E-state index contributed by atoms with van der Waals surface area (Å²) >= 11 is 0. The van der Waals surface area contributed by atoms with E-state index in [-0.39, 0.29) is 18.3 Å². The second kappa shape index (κ2) is 6.43. The minimum Gasteiger partial charge on any atom is -0.492 e. The van der Waals surface area contributed by atoms with Crippen molar-refractivity contribution < 1.29 is 14.6 Å². The lowest BCUT2D eigenvalue weighted by atomic mass is 10.1. The van der Waals surface area contributed by atoms with E-state index >= 15 is 0 Å². The van der Waals surface area contributed by atoms with Crippen LogP contribution in [0, 0.1) is 0 Å². The fraction of sp³-hybridized carbons (Fsp3) is 0.600. The highest BCUT2D eigenvalue weighted by Crippen LogP contribution is 2.20. The summed E-state index contributed by atoms with van der Waals surface area (Å²) in [5.41, 5.74) is 6.14. The monoisotopic (exact) mass is 280 g/mol. The summed E-state index contributed by atoms with van der Waals surface area (Å²) in [6.07, 6.45) is -0.115. The highest BCUT2D eigenvalue weighted by Gasteiger charge is 2.32. The molecule has 5 nitrogen and oxygen atoms in total. The molecule has 1 saturated heterocycles. The SMILES string of the molecule is CC1(C)CN(CCOc2ccc(N)cc2)CC(CO)O1. The van der Waals surface area contributed by atoms with Crippen LogP contribution in [0.3, 0.4) is 0 Å². The van der Waals surface area contributed by atoms with Crippen molar-refractivity contribution in [1.82, 2.24) is 4.90 Å². The quantitative estimate of drug-likeness (QED) is 0.791. The molecule has 0 amide bonds. The van der Waals surface area contributed by atoms with Crippen LogP contribution < -0.4 is 10.5 Å². The Morgan fingerprint density at radius 1 is 1.40 bits per heavy atom. The molecule has 1 aromatic rings. The van der Waals surface area contributed by atoms with E-state index in [9.17, 15) is 5.11 Å². The van der Waals surface area contributed by atoms with Gasteiger partial charge in [-0.25, -0.2) is 0 Å². The molecule has 1 unspecified atom stereocenters. The first-order valence-corrected chi connectivity index (χ1v) is 6.98. The van der Waals surface area contributed by atoms with E-state index in [1.165, 1.54) is 0 Å². The van der Waals surface area contributed by atoms with Crippen LogP contribution in [0.1, 0.15) is 13.8 Å². The van der Waals surface area contributed by atoms with Crippen LogP contribution in [0.5, 0.6) is 5.75 Å². The van der Waals surface area contributed by atoms with E-state index in [0.29, 0.717) is 6.61 Å². The highest BCUT2D eigenvalue weighted by atomic mass is 16.5. The molecule has 0 aliphatic carbocycles. The summed E-state index contributed by atoms with van der Waals surface area (Å²) in [7, 11) is 0. The Balaban J connectivity index is 1.79. The van der Waals surface area contributed by atoms with Crippen LogP contribution >= 0.6 is 0 Å². The standard InChI is InChI=1S/C15H24N2O3/c1-15(2)11-17(9-14(10-18)20-15)7-8-19-13-5-3-12(16)4-6-13/h3-6,14,18H,7-11,16H2,1-2H3. The molecule has 0 radical (unpaired) electrons. The van der Waals surface area contributed by atoms with Crippen molar-refractivity contribution in [3.8, 4) is 5.75 Å². The number of hydrogen-bond donors (Lipinski definition) is 2. The Morgan fingerprint density at radius 2 is 2.10 bits per heavy atom. The molecule has 1 atom stereocenters. The number of hydrogen-bond acceptors (Lipinski definition) is 5. The smallest absolute Gasteiger partial charge is 0.119 e. The third kappa shape index (κ3) is 4.37. The minimum absolute atomic E-state index is 0.0543. The zero-order valence-electron chi connectivity index (χ0n) is 12.2. The number of morpholine rings is 1. The van der Waals surface area contributed by atoms with E-state index in [2.05, 4.69) is 4.90 Å². The zero-order chi connectivity index (χ0) is 14.6. The van der Waals surface area contributed by atoms with E-state index in [1.54, 1.807) is 0 Å². The number of aliphatic hydroxyl groups is 1. The lowest BCUT2D eigenvalue weighted by Crippen LogP contribution is -2.54. The maximum Gasteiger partial charge on any atom is 0.119 e. The summed E-state index contributed by atoms with van der Waals surface area (Å²) in [5, 5.41) is 9.28. The number of nitrogen functional groups attached to an aromatic ring is 1. The predicted octanol–water partition coefficient (Wildman–Crippen LogP) is 1.12. The van der Waals surface area contributed by atoms with Crippen molar-refractivity contribution in [3.05, 3.63) is 24.3 Å². The fourth-order valence-electron chi connectivity index (χ4n) is 2.54. The summed E-state index contributed by atoms with van der Waals surface area (Å²) < 4.78 is 11.5. The average Bonchev–Trinajstić information content (AvgIpc) is 2.39. The van der Waals surface area contributed by atoms with E-state index in [0.717, 1.165) is 31.1 Å². The molecule has 1 aliphatic rings. The first-order valence-electron chi connectivity index (χ1n) is 6.98. The molecule has 20 heavy (non-hydrogen) atoms. The predicted molar refractivity (Wildman–Crippen MR) is 78.8 cm³/mol. The van der Waals surface area contributed by atoms with Crippen LogP contribution in [0.15, 0.2) is 24.3 Å². The largest absolute Gasteiger partial charge is 0.492 e. The molecule has 1 aromatic carbocycles. The van der Waals surface area contributed by atoms with Crippen molar-refractivity contribution >= 4 is 5.69 Å². The first kappa shape index (κ1) is 15.1. The zero-order valence-corrected chi connectivity index (χ0v) is 12.2. The normalized spacial score (nSPS) is 22.6. The number of aliphatic hydroxyl groups excluding tert-OH is 1. The van der Waals surface area contributed by atoms with Gasteiger partial charge in [-0.1, -0.05) is 0 Å². The Labute approximate surface area is 120 Å². The van der Waals surface area contributed by atoms with Gasteiger partial charge >= 0.3 is 0 Å². The van der Waals surface area contributed by atoms with Crippen LogP contribution in [0.25, 0.3) is 0 Å². The molecule has 0 spiro atoms. The number of benzene rings is 1. The molecule has 0 aromatic heterocycles. The van der Waals surface area contributed by atoms with Gasteiger partial charge in [-0.3, -0.25) is 4.90 Å². The van der Waals surface area contributed by atoms with Crippen LogP contribution in [-0.4, -0.2) is 54.6 Å². The lowest BCUT2D eigenvalue weighted by molar-refractivity contribution is -0.149. The van der Waals surface area contributed by atoms with Gasteiger partial charge in [0.15, 0.2) is 0 Å². The van der Waals surface area contributed by atoms with Gasteiger partial charge in [0.2, 0.25) is 0 Å². The van der Waals surface area contributed by atoms with Crippen LogP contribution in [-0.2, 0) is 4.74 Å². The number of ether oxygens (including phenoxy) is 2. The molecular weight excluding hydrogens is 256 g/mol. The molecule has 0 bridgehead atoms. The maximum absolute atomic E-state index is 9.28. The number of anilines is 1. The number of nitrogens with zero attached hydrogens (tertiary/aromatic N) is 1. The van der Waals surface area contributed by atoms with Gasteiger partial charge in [0, 0.05) is 25.3 Å². The fourth-order valence-corrected chi connectivity index (χ4v) is 2.54.